The molecular weight excluding hydrogens is 510 g/mol. The van der Waals surface area contributed by atoms with E-state index in [2.05, 4.69) is 5.32 Å². The maximum absolute atomic E-state index is 13.8. The number of carbonyl (C=O) groups excluding carboxylic acids is 2. The number of hydrogen-bond acceptors (Lipinski definition) is 4. The van der Waals surface area contributed by atoms with Crippen molar-refractivity contribution in [3.05, 3.63) is 64.2 Å². The number of anilines is 1. The highest BCUT2D eigenvalue weighted by molar-refractivity contribution is 7.92. The fraction of sp³-hybridized carbons (Fsp3) is 0.500. The first-order valence-electron chi connectivity index (χ1n) is 12.9. The maximum Gasteiger partial charge on any atom is 0.244 e. The van der Waals surface area contributed by atoms with Gasteiger partial charge in [-0.15, -0.1) is 0 Å². The Hall–Kier alpha value is -2.58. The molecule has 0 spiro atoms. The Kier molecular flexibility index (Phi) is 10.0. The molecule has 7 nitrogen and oxygen atoms in total. The molecule has 2 amide bonds. The minimum absolute atomic E-state index is 0.105. The number of carbonyl (C=O) groups is 2. The topological polar surface area (TPSA) is 86.8 Å². The number of hydrogen-bond donors (Lipinski definition) is 1. The van der Waals surface area contributed by atoms with Gasteiger partial charge in [0.25, 0.3) is 0 Å². The van der Waals surface area contributed by atoms with Crippen LogP contribution in [0.5, 0.6) is 0 Å². The molecule has 0 bridgehead atoms. The van der Waals surface area contributed by atoms with Crippen molar-refractivity contribution in [2.24, 2.45) is 0 Å². The van der Waals surface area contributed by atoms with E-state index in [-0.39, 0.29) is 18.5 Å². The predicted octanol–water partition coefficient (Wildman–Crippen LogP) is 4.98. The normalized spacial score (nSPS) is 15.2. The second-order valence-corrected chi connectivity index (χ2v) is 12.3. The Balaban J connectivity index is 1.93. The zero-order valence-electron chi connectivity index (χ0n) is 22.2. The number of nitrogens with zero attached hydrogens (tertiary/aromatic N) is 2. The van der Waals surface area contributed by atoms with Crippen LogP contribution < -0.4 is 9.62 Å². The van der Waals surface area contributed by atoms with Gasteiger partial charge in [-0.25, -0.2) is 8.42 Å². The van der Waals surface area contributed by atoms with E-state index < -0.39 is 28.5 Å². The van der Waals surface area contributed by atoms with Crippen molar-refractivity contribution in [1.82, 2.24) is 10.2 Å². The van der Waals surface area contributed by atoms with E-state index in [0.717, 1.165) is 52.9 Å². The van der Waals surface area contributed by atoms with E-state index in [4.69, 9.17) is 11.6 Å². The van der Waals surface area contributed by atoms with Crippen LogP contribution in [0.1, 0.15) is 62.1 Å². The Morgan fingerprint density at radius 1 is 1.08 bits per heavy atom. The Morgan fingerprint density at radius 2 is 1.78 bits per heavy atom. The van der Waals surface area contributed by atoms with E-state index in [1.807, 2.05) is 45.0 Å². The molecule has 37 heavy (non-hydrogen) atoms. The second-order valence-electron chi connectivity index (χ2n) is 9.98. The average molecular weight is 548 g/mol. The van der Waals surface area contributed by atoms with Crippen LogP contribution in [0.15, 0.2) is 42.5 Å². The van der Waals surface area contributed by atoms with Crippen LogP contribution in [-0.4, -0.2) is 50.0 Å². The van der Waals surface area contributed by atoms with Gasteiger partial charge in [-0.1, -0.05) is 73.7 Å². The molecule has 0 aliphatic heterocycles. The van der Waals surface area contributed by atoms with Gasteiger partial charge in [0, 0.05) is 17.6 Å². The largest absolute Gasteiger partial charge is 0.352 e. The second kappa shape index (κ2) is 12.8. The minimum atomic E-state index is -3.80. The number of amides is 2. The minimum Gasteiger partial charge on any atom is -0.352 e. The third-order valence-corrected chi connectivity index (χ3v) is 8.44. The molecule has 0 radical (unpaired) electrons. The molecule has 202 valence electrons. The molecule has 1 fully saturated rings. The number of sulfonamides is 1. The van der Waals surface area contributed by atoms with Crippen LogP contribution >= 0.6 is 11.6 Å². The number of rotatable bonds is 10. The lowest BCUT2D eigenvalue weighted by Crippen LogP contribution is -2.53. The van der Waals surface area contributed by atoms with Crippen molar-refractivity contribution < 1.29 is 18.0 Å². The molecule has 3 rings (SSSR count). The first-order valence-corrected chi connectivity index (χ1v) is 15.1. The van der Waals surface area contributed by atoms with Crippen LogP contribution in [0.25, 0.3) is 0 Å². The highest BCUT2D eigenvalue weighted by Crippen LogP contribution is 2.26. The summed E-state index contributed by atoms with van der Waals surface area (Å²) >= 11 is 6.27. The number of aryl methyl sites for hydroxylation is 2. The maximum atomic E-state index is 13.8. The van der Waals surface area contributed by atoms with E-state index in [0.29, 0.717) is 17.1 Å². The molecule has 0 saturated heterocycles. The Bertz CT molecular complexity index is 1210. The van der Waals surface area contributed by atoms with Gasteiger partial charge in [-0.3, -0.25) is 13.9 Å². The van der Waals surface area contributed by atoms with E-state index in [1.165, 1.54) is 11.3 Å². The fourth-order valence-corrected chi connectivity index (χ4v) is 5.84. The van der Waals surface area contributed by atoms with Gasteiger partial charge in [0.2, 0.25) is 21.8 Å². The molecular formula is C28H38ClN3O4S. The molecule has 2 aromatic rings. The van der Waals surface area contributed by atoms with Gasteiger partial charge < -0.3 is 10.2 Å². The molecule has 1 N–H and O–H groups in total. The summed E-state index contributed by atoms with van der Waals surface area (Å²) in [5.41, 5.74) is 3.02. The summed E-state index contributed by atoms with van der Waals surface area (Å²) in [7, 11) is -3.80. The quantitative estimate of drug-likeness (QED) is 0.454. The smallest absolute Gasteiger partial charge is 0.244 e. The first kappa shape index (κ1) is 29.0. The van der Waals surface area contributed by atoms with Crippen LogP contribution in [0.4, 0.5) is 5.69 Å². The average Bonchev–Trinajstić information content (AvgIpc) is 2.84. The highest BCUT2D eigenvalue weighted by Gasteiger charge is 2.33. The van der Waals surface area contributed by atoms with Crippen molar-refractivity contribution in [3.8, 4) is 0 Å². The summed E-state index contributed by atoms with van der Waals surface area (Å²) in [6, 6.07) is 12.0. The summed E-state index contributed by atoms with van der Waals surface area (Å²) < 4.78 is 26.6. The van der Waals surface area contributed by atoms with Crippen LogP contribution in [0, 0.1) is 13.8 Å². The SMILES string of the molecule is CC[C@@H](C(=O)NC1CCCCC1)N(Cc1cccc(C)c1)C(=O)CN(c1ccc(C)c(Cl)c1)S(C)(=O)=O. The van der Waals surface area contributed by atoms with Crippen LogP contribution in [0.3, 0.4) is 0 Å². The van der Waals surface area contributed by atoms with Gasteiger partial charge in [-0.05, 0) is 56.4 Å². The van der Waals surface area contributed by atoms with Gasteiger partial charge in [-0.2, -0.15) is 0 Å². The third kappa shape index (κ3) is 7.95. The zero-order chi connectivity index (χ0) is 27.2. The molecule has 2 aromatic carbocycles. The van der Waals surface area contributed by atoms with E-state index in [9.17, 15) is 18.0 Å². The monoisotopic (exact) mass is 547 g/mol. The standard InChI is InChI=1S/C28H38ClN3O4S/c1-5-26(28(34)30-23-12-7-6-8-13-23)31(18-22-11-9-10-20(2)16-22)27(33)19-32(37(4,35)36)24-15-14-21(3)25(29)17-24/h9-11,14-17,23,26H,5-8,12-13,18-19H2,1-4H3,(H,30,34)/t26-/m0/s1. The highest BCUT2D eigenvalue weighted by atomic mass is 35.5. The van der Waals surface area contributed by atoms with Crippen LogP contribution in [0.2, 0.25) is 5.02 Å². The zero-order valence-corrected chi connectivity index (χ0v) is 23.7. The molecule has 9 heteroatoms. The third-order valence-electron chi connectivity index (χ3n) is 6.90. The molecule has 0 aromatic heterocycles. The van der Waals surface area contributed by atoms with Crippen molar-refractivity contribution >= 4 is 39.1 Å². The van der Waals surface area contributed by atoms with Crippen molar-refractivity contribution in [1.29, 1.82) is 0 Å². The summed E-state index contributed by atoms with van der Waals surface area (Å²) in [6.07, 6.45) is 6.67. The summed E-state index contributed by atoms with van der Waals surface area (Å²) in [5, 5.41) is 3.56. The molecule has 0 unspecified atom stereocenters. The number of nitrogens with one attached hydrogen (secondary N) is 1. The lowest BCUT2D eigenvalue weighted by Gasteiger charge is -2.34. The van der Waals surface area contributed by atoms with Crippen molar-refractivity contribution in [2.45, 2.75) is 77.9 Å². The summed E-state index contributed by atoms with van der Waals surface area (Å²) in [4.78, 5) is 28.8. The molecule has 1 saturated carbocycles. The van der Waals surface area contributed by atoms with Crippen LogP contribution in [-0.2, 0) is 26.2 Å². The Morgan fingerprint density at radius 3 is 2.38 bits per heavy atom. The van der Waals surface area contributed by atoms with Gasteiger partial charge in [0.15, 0.2) is 0 Å². The number of halogens is 1. The van der Waals surface area contributed by atoms with E-state index in [1.54, 1.807) is 18.2 Å². The first-order chi connectivity index (χ1) is 17.5. The lowest BCUT2D eigenvalue weighted by molar-refractivity contribution is -0.140. The molecule has 0 heterocycles. The lowest BCUT2D eigenvalue weighted by atomic mass is 9.95. The van der Waals surface area contributed by atoms with Crippen molar-refractivity contribution in [2.75, 3.05) is 17.1 Å². The molecule has 1 aliphatic carbocycles. The number of benzene rings is 2. The molecule has 1 aliphatic rings. The predicted molar refractivity (Wildman–Crippen MR) is 149 cm³/mol. The summed E-state index contributed by atoms with van der Waals surface area (Å²) in [5.74, 6) is -0.644. The van der Waals surface area contributed by atoms with Gasteiger partial charge in [0.1, 0.15) is 12.6 Å². The summed E-state index contributed by atoms with van der Waals surface area (Å²) in [6.45, 7) is 5.42. The fourth-order valence-electron chi connectivity index (χ4n) is 4.82. The van der Waals surface area contributed by atoms with E-state index >= 15 is 0 Å². The molecule has 1 atom stereocenters. The Labute approximate surface area is 226 Å². The van der Waals surface area contributed by atoms with Gasteiger partial charge >= 0.3 is 0 Å². The van der Waals surface area contributed by atoms with Gasteiger partial charge in [0.05, 0.1) is 11.9 Å². The van der Waals surface area contributed by atoms with Crippen molar-refractivity contribution in [3.63, 3.8) is 0 Å².